The van der Waals surface area contributed by atoms with Crippen molar-refractivity contribution in [1.82, 2.24) is 24.8 Å². The number of anilines is 1. The highest BCUT2D eigenvalue weighted by Gasteiger charge is 2.18. The third-order valence-electron chi connectivity index (χ3n) is 4.64. The second-order valence-corrected chi connectivity index (χ2v) is 6.46. The molecule has 0 saturated carbocycles. The van der Waals surface area contributed by atoms with Gasteiger partial charge in [-0.2, -0.15) is 0 Å². The molecule has 2 aromatic heterocycles. The van der Waals surface area contributed by atoms with Crippen molar-refractivity contribution < 1.29 is 0 Å². The van der Waals surface area contributed by atoms with E-state index in [0.717, 1.165) is 56.0 Å². The SMILES string of the molecule is Nc1nc(CN2CCN(Cc3cccnc3)CC2)nc2ccccc12. The number of benzene rings is 1. The van der Waals surface area contributed by atoms with Crippen molar-refractivity contribution in [2.45, 2.75) is 13.1 Å². The summed E-state index contributed by atoms with van der Waals surface area (Å²) in [5, 5.41) is 0.924. The molecule has 3 heterocycles. The lowest BCUT2D eigenvalue weighted by Gasteiger charge is -2.34. The van der Waals surface area contributed by atoms with Gasteiger partial charge in [-0.3, -0.25) is 14.8 Å². The fourth-order valence-electron chi connectivity index (χ4n) is 3.28. The Morgan fingerprint density at radius 2 is 1.64 bits per heavy atom. The van der Waals surface area contributed by atoms with Gasteiger partial charge in [0.2, 0.25) is 0 Å². The molecule has 1 aromatic carbocycles. The summed E-state index contributed by atoms with van der Waals surface area (Å²) >= 11 is 0. The third-order valence-corrected chi connectivity index (χ3v) is 4.64. The number of fused-ring (bicyclic) bond motifs is 1. The van der Waals surface area contributed by atoms with Gasteiger partial charge in [-0.25, -0.2) is 9.97 Å². The summed E-state index contributed by atoms with van der Waals surface area (Å²) in [7, 11) is 0. The molecule has 0 atom stereocenters. The Balaban J connectivity index is 1.37. The van der Waals surface area contributed by atoms with Crippen LogP contribution in [0, 0.1) is 0 Å². The highest BCUT2D eigenvalue weighted by Crippen LogP contribution is 2.18. The van der Waals surface area contributed by atoms with Gasteiger partial charge in [0.15, 0.2) is 0 Å². The second-order valence-electron chi connectivity index (χ2n) is 6.46. The van der Waals surface area contributed by atoms with Crippen molar-refractivity contribution >= 4 is 16.7 Å². The minimum Gasteiger partial charge on any atom is -0.383 e. The van der Waals surface area contributed by atoms with Crippen LogP contribution in [-0.4, -0.2) is 50.9 Å². The average Bonchev–Trinajstić information content (AvgIpc) is 2.64. The van der Waals surface area contributed by atoms with Crippen LogP contribution in [0.2, 0.25) is 0 Å². The zero-order chi connectivity index (χ0) is 17.1. The van der Waals surface area contributed by atoms with E-state index in [0.29, 0.717) is 5.82 Å². The maximum Gasteiger partial charge on any atom is 0.145 e. The molecule has 25 heavy (non-hydrogen) atoms. The summed E-state index contributed by atoms with van der Waals surface area (Å²) in [5.74, 6) is 1.37. The van der Waals surface area contributed by atoms with E-state index < -0.39 is 0 Å². The minimum atomic E-state index is 0.566. The number of para-hydroxylation sites is 1. The topological polar surface area (TPSA) is 71.2 Å². The van der Waals surface area contributed by atoms with Gasteiger partial charge in [-0.05, 0) is 23.8 Å². The van der Waals surface area contributed by atoms with Crippen LogP contribution < -0.4 is 5.73 Å². The zero-order valence-electron chi connectivity index (χ0n) is 14.2. The number of nitrogen functional groups attached to an aromatic ring is 1. The summed E-state index contributed by atoms with van der Waals surface area (Å²) < 4.78 is 0. The van der Waals surface area contributed by atoms with Crippen LogP contribution in [-0.2, 0) is 13.1 Å². The molecule has 0 spiro atoms. The smallest absolute Gasteiger partial charge is 0.145 e. The third kappa shape index (κ3) is 3.75. The molecule has 0 unspecified atom stereocenters. The Labute approximate surface area is 147 Å². The van der Waals surface area contributed by atoms with Gasteiger partial charge in [0.1, 0.15) is 11.6 Å². The maximum absolute atomic E-state index is 6.09. The van der Waals surface area contributed by atoms with E-state index in [-0.39, 0.29) is 0 Å². The molecule has 3 aromatic rings. The average molecular weight is 334 g/mol. The molecule has 6 heteroatoms. The molecule has 0 bridgehead atoms. The van der Waals surface area contributed by atoms with E-state index >= 15 is 0 Å². The first kappa shape index (κ1) is 15.9. The molecule has 4 rings (SSSR count). The minimum absolute atomic E-state index is 0.566. The van der Waals surface area contributed by atoms with Crippen LogP contribution in [0.3, 0.4) is 0 Å². The molecular weight excluding hydrogens is 312 g/mol. The van der Waals surface area contributed by atoms with Gasteiger partial charge in [-0.1, -0.05) is 18.2 Å². The molecule has 0 radical (unpaired) electrons. The van der Waals surface area contributed by atoms with Crippen molar-refractivity contribution in [3.05, 3.63) is 60.2 Å². The van der Waals surface area contributed by atoms with Gasteiger partial charge in [0.05, 0.1) is 12.1 Å². The van der Waals surface area contributed by atoms with E-state index in [1.165, 1.54) is 5.56 Å². The number of rotatable bonds is 4. The monoisotopic (exact) mass is 334 g/mol. The Kier molecular flexibility index (Phi) is 4.54. The number of nitrogens with two attached hydrogens (primary N) is 1. The van der Waals surface area contributed by atoms with E-state index in [1.54, 1.807) is 0 Å². The van der Waals surface area contributed by atoms with E-state index in [2.05, 4.69) is 30.8 Å². The molecule has 1 fully saturated rings. The number of aromatic nitrogens is 3. The number of hydrogen-bond acceptors (Lipinski definition) is 6. The molecule has 128 valence electrons. The molecule has 2 N–H and O–H groups in total. The van der Waals surface area contributed by atoms with Gasteiger partial charge in [0, 0.05) is 50.5 Å². The summed E-state index contributed by atoms with van der Waals surface area (Å²) in [5.41, 5.74) is 8.27. The first-order valence-electron chi connectivity index (χ1n) is 8.63. The van der Waals surface area contributed by atoms with Crippen LogP contribution in [0.15, 0.2) is 48.8 Å². The normalized spacial score (nSPS) is 16.3. The second kappa shape index (κ2) is 7.13. The van der Waals surface area contributed by atoms with Gasteiger partial charge in [0.25, 0.3) is 0 Å². The molecule has 6 nitrogen and oxygen atoms in total. The molecule has 0 amide bonds. The van der Waals surface area contributed by atoms with Gasteiger partial charge < -0.3 is 5.73 Å². The number of pyridine rings is 1. The highest BCUT2D eigenvalue weighted by molar-refractivity contribution is 5.87. The predicted octanol–water partition coefficient (Wildman–Crippen LogP) is 1.92. The van der Waals surface area contributed by atoms with Crippen molar-refractivity contribution in [2.75, 3.05) is 31.9 Å². The molecular formula is C19H22N6. The van der Waals surface area contributed by atoms with Crippen molar-refractivity contribution in [3.63, 3.8) is 0 Å². The summed E-state index contributed by atoms with van der Waals surface area (Å²) in [6.45, 7) is 5.81. The van der Waals surface area contributed by atoms with Crippen LogP contribution in [0.4, 0.5) is 5.82 Å². The Hall–Kier alpha value is -2.57. The van der Waals surface area contributed by atoms with E-state index in [4.69, 9.17) is 5.73 Å². The zero-order valence-corrected chi connectivity index (χ0v) is 14.2. The van der Waals surface area contributed by atoms with Crippen LogP contribution in [0.1, 0.15) is 11.4 Å². The van der Waals surface area contributed by atoms with Gasteiger partial charge in [-0.15, -0.1) is 0 Å². The van der Waals surface area contributed by atoms with Crippen molar-refractivity contribution in [1.29, 1.82) is 0 Å². The van der Waals surface area contributed by atoms with Crippen molar-refractivity contribution in [2.24, 2.45) is 0 Å². The lowest BCUT2D eigenvalue weighted by Crippen LogP contribution is -2.45. The number of nitrogens with zero attached hydrogens (tertiary/aromatic N) is 5. The highest BCUT2D eigenvalue weighted by atomic mass is 15.3. The Morgan fingerprint density at radius 1 is 0.880 bits per heavy atom. The molecule has 1 saturated heterocycles. The van der Waals surface area contributed by atoms with E-state index in [1.807, 2.05) is 42.7 Å². The Morgan fingerprint density at radius 3 is 2.40 bits per heavy atom. The quantitative estimate of drug-likeness (QED) is 0.786. The number of hydrogen-bond donors (Lipinski definition) is 1. The molecule has 1 aliphatic heterocycles. The molecule has 1 aliphatic rings. The van der Waals surface area contributed by atoms with Crippen LogP contribution in [0.5, 0.6) is 0 Å². The predicted molar refractivity (Wildman–Crippen MR) is 98.7 cm³/mol. The first-order chi connectivity index (χ1) is 12.3. The van der Waals surface area contributed by atoms with E-state index in [9.17, 15) is 0 Å². The lowest BCUT2D eigenvalue weighted by molar-refractivity contribution is 0.120. The largest absolute Gasteiger partial charge is 0.383 e. The van der Waals surface area contributed by atoms with Crippen molar-refractivity contribution in [3.8, 4) is 0 Å². The van der Waals surface area contributed by atoms with Crippen LogP contribution >= 0.6 is 0 Å². The van der Waals surface area contributed by atoms with Crippen LogP contribution in [0.25, 0.3) is 10.9 Å². The standard InChI is InChI=1S/C19H22N6/c20-19-16-5-1-2-6-17(16)22-18(23-19)14-25-10-8-24(9-11-25)13-15-4-3-7-21-12-15/h1-7,12H,8-11,13-14H2,(H2,20,22,23). The fourth-order valence-corrected chi connectivity index (χ4v) is 3.28. The number of piperazine rings is 1. The lowest BCUT2D eigenvalue weighted by atomic mass is 10.2. The summed E-state index contributed by atoms with van der Waals surface area (Å²) in [6.07, 6.45) is 3.76. The maximum atomic E-state index is 6.09. The summed E-state index contributed by atoms with van der Waals surface area (Å²) in [4.78, 5) is 18.2. The van der Waals surface area contributed by atoms with Gasteiger partial charge >= 0.3 is 0 Å². The Bertz CT molecular complexity index is 843. The first-order valence-corrected chi connectivity index (χ1v) is 8.63. The molecule has 0 aliphatic carbocycles. The fraction of sp³-hybridized carbons (Fsp3) is 0.316. The summed E-state index contributed by atoms with van der Waals surface area (Å²) in [6, 6.07) is 12.0.